The standard InChI is InChI=1S/C11H15ClFN/c1-11(2,13)10(7-14)8-4-3-5-9(12)6-8/h3-6,10H,7,14H2,1-2H3. The second kappa shape index (κ2) is 4.28. The van der Waals surface area contributed by atoms with Crippen molar-refractivity contribution in [1.82, 2.24) is 0 Å². The molecule has 0 saturated heterocycles. The quantitative estimate of drug-likeness (QED) is 0.824. The molecule has 0 aliphatic carbocycles. The molecule has 0 amide bonds. The zero-order valence-electron chi connectivity index (χ0n) is 8.43. The van der Waals surface area contributed by atoms with E-state index in [-0.39, 0.29) is 12.5 Å². The van der Waals surface area contributed by atoms with Crippen LogP contribution in [0.4, 0.5) is 4.39 Å². The normalized spacial score (nSPS) is 14.1. The monoisotopic (exact) mass is 215 g/mol. The van der Waals surface area contributed by atoms with E-state index in [9.17, 15) is 4.39 Å². The molecule has 1 rings (SSSR count). The highest BCUT2D eigenvalue weighted by molar-refractivity contribution is 6.30. The first-order valence-electron chi connectivity index (χ1n) is 4.59. The molecule has 0 spiro atoms. The highest BCUT2D eigenvalue weighted by atomic mass is 35.5. The van der Waals surface area contributed by atoms with Crippen LogP contribution < -0.4 is 5.73 Å². The summed E-state index contributed by atoms with van der Waals surface area (Å²) in [5.41, 5.74) is 5.09. The summed E-state index contributed by atoms with van der Waals surface area (Å²) in [7, 11) is 0. The van der Waals surface area contributed by atoms with Crippen molar-refractivity contribution in [1.29, 1.82) is 0 Å². The molecule has 1 atom stereocenters. The van der Waals surface area contributed by atoms with Gasteiger partial charge in [-0.25, -0.2) is 4.39 Å². The SMILES string of the molecule is CC(C)(F)C(CN)c1cccc(Cl)c1. The third kappa shape index (κ3) is 2.69. The van der Waals surface area contributed by atoms with Gasteiger partial charge >= 0.3 is 0 Å². The number of nitrogens with two attached hydrogens (primary N) is 1. The minimum absolute atomic E-state index is 0.282. The maximum absolute atomic E-state index is 13.7. The first-order chi connectivity index (χ1) is 6.45. The molecule has 0 fully saturated rings. The number of rotatable bonds is 3. The maximum atomic E-state index is 13.7. The summed E-state index contributed by atoms with van der Waals surface area (Å²) >= 11 is 5.83. The smallest absolute Gasteiger partial charge is 0.113 e. The van der Waals surface area contributed by atoms with Crippen LogP contribution in [0.2, 0.25) is 5.02 Å². The van der Waals surface area contributed by atoms with Crippen LogP contribution in [0.1, 0.15) is 25.3 Å². The number of alkyl halides is 1. The van der Waals surface area contributed by atoms with E-state index in [0.29, 0.717) is 5.02 Å². The Hall–Kier alpha value is -0.600. The van der Waals surface area contributed by atoms with Crippen molar-refractivity contribution in [3.63, 3.8) is 0 Å². The van der Waals surface area contributed by atoms with Gasteiger partial charge in [0.1, 0.15) is 5.67 Å². The summed E-state index contributed by atoms with van der Waals surface area (Å²) < 4.78 is 13.7. The number of halogens is 2. The Balaban J connectivity index is 3.01. The van der Waals surface area contributed by atoms with E-state index >= 15 is 0 Å². The Morgan fingerprint density at radius 2 is 2.14 bits per heavy atom. The van der Waals surface area contributed by atoms with Gasteiger partial charge in [-0.05, 0) is 31.5 Å². The van der Waals surface area contributed by atoms with Crippen LogP contribution in [-0.4, -0.2) is 12.2 Å². The van der Waals surface area contributed by atoms with Crippen LogP contribution in [0, 0.1) is 0 Å². The van der Waals surface area contributed by atoms with Crippen LogP contribution in [0.15, 0.2) is 24.3 Å². The number of benzene rings is 1. The van der Waals surface area contributed by atoms with E-state index in [4.69, 9.17) is 17.3 Å². The van der Waals surface area contributed by atoms with E-state index < -0.39 is 5.67 Å². The molecule has 0 aliphatic rings. The maximum Gasteiger partial charge on any atom is 0.113 e. The highest BCUT2D eigenvalue weighted by Gasteiger charge is 2.29. The third-order valence-corrected chi connectivity index (χ3v) is 2.55. The van der Waals surface area contributed by atoms with Gasteiger partial charge < -0.3 is 5.73 Å². The first-order valence-corrected chi connectivity index (χ1v) is 4.97. The lowest BCUT2D eigenvalue weighted by Gasteiger charge is -2.26. The van der Waals surface area contributed by atoms with E-state index in [1.165, 1.54) is 13.8 Å². The summed E-state index contributed by atoms with van der Waals surface area (Å²) in [5.74, 6) is -0.304. The molecule has 78 valence electrons. The Kier molecular flexibility index (Phi) is 3.51. The van der Waals surface area contributed by atoms with Crippen molar-refractivity contribution in [3.8, 4) is 0 Å². The lowest BCUT2D eigenvalue weighted by molar-refractivity contribution is 0.174. The molecule has 0 saturated carbocycles. The van der Waals surface area contributed by atoms with E-state index in [1.807, 2.05) is 12.1 Å². The van der Waals surface area contributed by atoms with Gasteiger partial charge in [0.25, 0.3) is 0 Å². The molecule has 14 heavy (non-hydrogen) atoms. The number of hydrogen-bond acceptors (Lipinski definition) is 1. The summed E-state index contributed by atoms with van der Waals surface area (Å²) in [4.78, 5) is 0. The molecular weight excluding hydrogens is 201 g/mol. The molecule has 1 aromatic carbocycles. The third-order valence-electron chi connectivity index (χ3n) is 2.32. The zero-order chi connectivity index (χ0) is 10.8. The minimum atomic E-state index is -1.32. The van der Waals surface area contributed by atoms with Crippen molar-refractivity contribution >= 4 is 11.6 Å². The van der Waals surface area contributed by atoms with Gasteiger partial charge in [0.05, 0.1) is 0 Å². The van der Waals surface area contributed by atoms with Gasteiger partial charge in [-0.15, -0.1) is 0 Å². The van der Waals surface area contributed by atoms with Gasteiger partial charge in [0.15, 0.2) is 0 Å². The Morgan fingerprint density at radius 1 is 1.50 bits per heavy atom. The van der Waals surface area contributed by atoms with Gasteiger partial charge in [-0.2, -0.15) is 0 Å². The average molecular weight is 216 g/mol. The van der Waals surface area contributed by atoms with Crippen LogP contribution in [0.3, 0.4) is 0 Å². The molecule has 3 heteroatoms. The van der Waals surface area contributed by atoms with Crippen LogP contribution in [0.25, 0.3) is 0 Å². The van der Waals surface area contributed by atoms with Crippen molar-refractivity contribution in [2.45, 2.75) is 25.4 Å². The molecule has 1 nitrogen and oxygen atoms in total. The summed E-state index contributed by atoms with van der Waals surface area (Å²) in [5, 5.41) is 0.616. The topological polar surface area (TPSA) is 26.0 Å². The predicted octanol–water partition coefficient (Wildman–Crippen LogP) is 3.13. The number of hydrogen-bond donors (Lipinski definition) is 1. The van der Waals surface area contributed by atoms with Crippen molar-refractivity contribution in [3.05, 3.63) is 34.9 Å². The average Bonchev–Trinajstić information content (AvgIpc) is 2.02. The molecular formula is C11H15ClFN. The fourth-order valence-corrected chi connectivity index (χ4v) is 1.73. The molecule has 2 N–H and O–H groups in total. The van der Waals surface area contributed by atoms with Crippen molar-refractivity contribution in [2.24, 2.45) is 5.73 Å². The second-order valence-corrected chi connectivity index (χ2v) is 4.34. The molecule has 0 aromatic heterocycles. The van der Waals surface area contributed by atoms with Crippen LogP contribution in [0.5, 0.6) is 0 Å². The molecule has 0 radical (unpaired) electrons. The largest absolute Gasteiger partial charge is 0.330 e. The fourth-order valence-electron chi connectivity index (χ4n) is 1.54. The fraction of sp³-hybridized carbons (Fsp3) is 0.455. The lowest BCUT2D eigenvalue weighted by Crippen LogP contribution is -2.30. The predicted molar refractivity (Wildman–Crippen MR) is 58.4 cm³/mol. The summed E-state index contributed by atoms with van der Waals surface area (Å²) in [6.45, 7) is 3.35. The Morgan fingerprint density at radius 3 is 2.57 bits per heavy atom. The zero-order valence-corrected chi connectivity index (χ0v) is 9.18. The van der Waals surface area contributed by atoms with Crippen LogP contribution in [-0.2, 0) is 0 Å². The Bertz CT molecular complexity index is 306. The molecule has 0 heterocycles. The Labute approximate surface area is 89.1 Å². The van der Waals surface area contributed by atoms with Gasteiger partial charge in [0, 0.05) is 17.5 Å². The van der Waals surface area contributed by atoms with E-state index in [1.54, 1.807) is 12.1 Å². The highest BCUT2D eigenvalue weighted by Crippen LogP contribution is 2.31. The summed E-state index contributed by atoms with van der Waals surface area (Å²) in [6.07, 6.45) is 0. The molecule has 0 aliphatic heterocycles. The lowest BCUT2D eigenvalue weighted by atomic mass is 9.86. The minimum Gasteiger partial charge on any atom is -0.330 e. The molecule has 1 unspecified atom stereocenters. The molecule has 1 aromatic rings. The van der Waals surface area contributed by atoms with E-state index in [2.05, 4.69) is 0 Å². The second-order valence-electron chi connectivity index (χ2n) is 3.91. The van der Waals surface area contributed by atoms with Gasteiger partial charge in [-0.3, -0.25) is 0 Å². The van der Waals surface area contributed by atoms with E-state index in [0.717, 1.165) is 5.56 Å². The summed E-state index contributed by atoms with van der Waals surface area (Å²) in [6, 6.07) is 7.20. The molecule has 0 bridgehead atoms. The van der Waals surface area contributed by atoms with Crippen molar-refractivity contribution < 1.29 is 4.39 Å². The van der Waals surface area contributed by atoms with Crippen LogP contribution >= 0.6 is 11.6 Å². The van der Waals surface area contributed by atoms with Crippen molar-refractivity contribution in [2.75, 3.05) is 6.54 Å². The first kappa shape index (κ1) is 11.5. The van der Waals surface area contributed by atoms with Gasteiger partial charge in [0.2, 0.25) is 0 Å². The van der Waals surface area contributed by atoms with Gasteiger partial charge in [-0.1, -0.05) is 23.7 Å².